The SMILES string of the molecule is O=C(c1n[nH]c2c1CCCC2)N1CCC(n2cc(-c3ccncc3)nn2)CC1. The van der Waals surface area contributed by atoms with Crippen LogP contribution in [0.3, 0.4) is 0 Å². The third-order valence-corrected chi connectivity index (χ3v) is 5.87. The Morgan fingerprint density at radius 2 is 1.89 bits per heavy atom. The summed E-state index contributed by atoms with van der Waals surface area (Å²) in [4.78, 5) is 18.9. The predicted molar refractivity (Wildman–Crippen MR) is 103 cm³/mol. The molecule has 0 radical (unpaired) electrons. The van der Waals surface area contributed by atoms with Crippen molar-refractivity contribution in [1.82, 2.24) is 35.1 Å². The number of nitrogens with zero attached hydrogens (tertiary/aromatic N) is 6. The maximum Gasteiger partial charge on any atom is 0.274 e. The zero-order chi connectivity index (χ0) is 18.9. The van der Waals surface area contributed by atoms with E-state index in [1.807, 2.05) is 27.9 Å². The first-order chi connectivity index (χ1) is 13.8. The molecule has 3 aromatic heterocycles. The number of likely N-dealkylation sites (tertiary alicyclic amines) is 1. The standard InChI is InChI=1S/C20H23N7O/c28-20(19-16-3-1-2-4-17(16)22-24-19)26-11-7-15(8-12-26)27-13-18(23-25-27)14-5-9-21-10-6-14/h5-6,9-10,13,15H,1-4,7-8,11-12H2,(H,22,24). The molecule has 0 spiro atoms. The Labute approximate surface area is 163 Å². The van der Waals surface area contributed by atoms with Crippen molar-refractivity contribution >= 4 is 5.91 Å². The second kappa shape index (κ2) is 7.18. The number of aromatic nitrogens is 6. The fourth-order valence-electron chi connectivity index (χ4n) is 4.25. The third-order valence-electron chi connectivity index (χ3n) is 5.87. The third kappa shape index (κ3) is 3.08. The molecule has 1 aliphatic carbocycles. The van der Waals surface area contributed by atoms with Gasteiger partial charge in [-0.1, -0.05) is 5.21 Å². The Kier molecular flexibility index (Phi) is 4.38. The average Bonchev–Trinajstić information content (AvgIpc) is 3.42. The highest BCUT2D eigenvalue weighted by molar-refractivity contribution is 5.94. The van der Waals surface area contributed by atoms with Crippen molar-refractivity contribution < 1.29 is 4.79 Å². The number of piperidine rings is 1. The number of hydrogen-bond donors (Lipinski definition) is 1. The number of nitrogens with one attached hydrogen (secondary N) is 1. The smallest absolute Gasteiger partial charge is 0.274 e. The van der Waals surface area contributed by atoms with Gasteiger partial charge in [0.1, 0.15) is 5.69 Å². The van der Waals surface area contributed by atoms with Crippen LogP contribution in [-0.4, -0.2) is 54.1 Å². The van der Waals surface area contributed by atoms with Gasteiger partial charge in [0.2, 0.25) is 0 Å². The van der Waals surface area contributed by atoms with Crippen LogP contribution in [0.2, 0.25) is 0 Å². The molecule has 2 aliphatic rings. The number of carbonyl (C=O) groups excluding carboxylic acids is 1. The largest absolute Gasteiger partial charge is 0.337 e. The number of rotatable bonds is 3. The second-order valence-electron chi connectivity index (χ2n) is 7.58. The van der Waals surface area contributed by atoms with E-state index >= 15 is 0 Å². The van der Waals surface area contributed by atoms with Gasteiger partial charge in [0.05, 0.1) is 12.2 Å². The molecule has 3 aromatic rings. The maximum atomic E-state index is 13.0. The minimum absolute atomic E-state index is 0.0638. The number of aryl methyl sites for hydroxylation is 1. The Morgan fingerprint density at radius 1 is 1.11 bits per heavy atom. The van der Waals surface area contributed by atoms with Gasteiger partial charge < -0.3 is 4.90 Å². The summed E-state index contributed by atoms with van der Waals surface area (Å²) in [6, 6.07) is 4.13. The summed E-state index contributed by atoms with van der Waals surface area (Å²) < 4.78 is 1.94. The molecule has 4 heterocycles. The molecule has 8 nitrogen and oxygen atoms in total. The highest BCUT2D eigenvalue weighted by atomic mass is 16.2. The number of carbonyl (C=O) groups is 1. The van der Waals surface area contributed by atoms with Crippen molar-refractivity contribution in [1.29, 1.82) is 0 Å². The molecular weight excluding hydrogens is 354 g/mol. The molecule has 144 valence electrons. The summed E-state index contributed by atoms with van der Waals surface area (Å²) in [7, 11) is 0. The Balaban J connectivity index is 1.25. The molecule has 1 aliphatic heterocycles. The van der Waals surface area contributed by atoms with Gasteiger partial charge >= 0.3 is 0 Å². The molecule has 0 atom stereocenters. The zero-order valence-electron chi connectivity index (χ0n) is 15.7. The van der Waals surface area contributed by atoms with Crippen LogP contribution >= 0.6 is 0 Å². The van der Waals surface area contributed by atoms with Crippen LogP contribution in [0.15, 0.2) is 30.7 Å². The summed E-state index contributed by atoms with van der Waals surface area (Å²) in [5.74, 6) is 0.0638. The highest BCUT2D eigenvalue weighted by Crippen LogP contribution is 2.27. The van der Waals surface area contributed by atoms with E-state index in [4.69, 9.17) is 0 Å². The van der Waals surface area contributed by atoms with Crippen LogP contribution in [0.25, 0.3) is 11.3 Å². The highest BCUT2D eigenvalue weighted by Gasteiger charge is 2.29. The Bertz CT molecular complexity index is 970. The van der Waals surface area contributed by atoms with Gasteiger partial charge in [-0.2, -0.15) is 5.10 Å². The van der Waals surface area contributed by atoms with E-state index in [2.05, 4.69) is 25.5 Å². The molecule has 0 unspecified atom stereocenters. The molecule has 8 heteroatoms. The summed E-state index contributed by atoms with van der Waals surface area (Å²) in [5, 5.41) is 16.0. The van der Waals surface area contributed by atoms with Crippen molar-refractivity contribution in [3.05, 3.63) is 47.7 Å². The Hall–Kier alpha value is -3.03. The average molecular weight is 377 g/mol. The van der Waals surface area contributed by atoms with Gasteiger partial charge in [-0.15, -0.1) is 5.10 Å². The molecule has 0 saturated carbocycles. The summed E-state index contributed by atoms with van der Waals surface area (Å²) >= 11 is 0. The monoisotopic (exact) mass is 377 g/mol. The van der Waals surface area contributed by atoms with E-state index in [9.17, 15) is 4.79 Å². The number of hydrogen-bond acceptors (Lipinski definition) is 5. The van der Waals surface area contributed by atoms with Crippen LogP contribution < -0.4 is 0 Å². The fourth-order valence-corrected chi connectivity index (χ4v) is 4.25. The normalized spacial score (nSPS) is 17.5. The Morgan fingerprint density at radius 3 is 2.71 bits per heavy atom. The number of aromatic amines is 1. The van der Waals surface area contributed by atoms with Gasteiger partial charge in [0, 0.05) is 42.3 Å². The number of H-pyrrole nitrogens is 1. The first kappa shape index (κ1) is 17.1. The molecule has 1 fully saturated rings. The van der Waals surface area contributed by atoms with Crippen LogP contribution in [0, 0.1) is 0 Å². The molecule has 1 N–H and O–H groups in total. The van der Waals surface area contributed by atoms with Crippen LogP contribution in [0.5, 0.6) is 0 Å². The molecule has 1 amide bonds. The van der Waals surface area contributed by atoms with Crippen molar-refractivity contribution in [2.75, 3.05) is 13.1 Å². The fraction of sp³-hybridized carbons (Fsp3) is 0.450. The van der Waals surface area contributed by atoms with Crippen LogP contribution in [0.4, 0.5) is 0 Å². The van der Waals surface area contributed by atoms with Crippen molar-refractivity contribution in [3.8, 4) is 11.3 Å². The first-order valence-corrected chi connectivity index (χ1v) is 9.97. The summed E-state index contributed by atoms with van der Waals surface area (Å²) in [6.07, 6.45) is 11.5. The van der Waals surface area contributed by atoms with E-state index < -0.39 is 0 Å². The van der Waals surface area contributed by atoms with Crippen molar-refractivity contribution in [3.63, 3.8) is 0 Å². The molecule has 5 rings (SSSR count). The number of fused-ring (bicyclic) bond motifs is 1. The zero-order valence-corrected chi connectivity index (χ0v) is 15.7. The maximum absolute atomic E-state index is 13.0. The lowest BCUT2D eigenvalue weighted by Gasteiger charge is -2.31. The van der Waals surface area contributed by atoms with Gasteiger partial charge in [-0.3, -0.25) is 14.9 Å². The lowest BCUT2D eigenvalue weighted by molar-refractivity contribution is 0.0682. The van der Waals surface area contributed by atoms with E-state index in [1.165, 1.54) is 6.42 Å². The van der Waals surface area contributed by atoms with Gasteiger partial charge in [0.15, 0.2) is 5.69 Å². The van der Waals surface area contributed by atoms with Crippen molar-refractivity contribution in [2.24, 2.45) is 0 Å². The quantitative estimate of drug-likeness (QED) is 0.757. The lowest BCUT2D eigenvalue weighted by Crippen LogP contribution is -2.39. The summed E-state index contributed by atoms with van der Waals surface area (Å²) in [6.45, 7) is 1.44. The topological polar surface area (TPSA) is 92.6 Å². The van der Waals surface area contributed by atoms with E-state index in [0.29, 0.717) is 5.69 Å². The minimum Gasteiger partial charge on any atom is -0.337 e. The van der Waals surface area contributed by atoms with Crippen LogP contribution in [0.1, 0.15) is 53.5 Å². The minimum atomic E-state index is 0.0638. The first-order valence-electron chi connectivity index (χ1n) is 9.97. The molecule has 28 heavy (non-hydrogen) atoms. The van der Waals surface area contributed by atoms with E-state index in [1.54, 1.807) is 12.4 Å². The van der Waals surface area contributed by atoms with Gasteiger partial charge in [0.25, 0.3) is 5.91 Å². The molecule has 0 aromatic carbocycles. The summed E-state index contributed by atoms with van der Waals surface area (Å²) in [5.41, 5.74) is 4.78. The van der Waals surface area contributed by atoms with Crippen molar-refractivity contribution in [2.45, 2.75) is 44.6 Å². The molecular formula is C20H23N7O. The van der Waals surface area contributed by atoms with Gasteiger partial charge in [-0.25, -0.2) is 4.68 Å². The van der Waals surface area contributed by atoms with E-state index in [0.717, 1.165) is 67.7 Å². The van der Waals surface area contributed by atoms with E-state index in [-0.39, 0.29) is 11.9 Å². The molecule has 0 bridgehead atoms. The number of amides is 1. The lowest BCUT2D eigenvalue weighted by atomic mass is 9.95. The number of pyridine rings is 1. The molecule has 1 saturated heterocycles. The second-order valence-corrected chi connectivity index (χ2v) is 7.58. The van der Waals surface area contributed by atoms with Crippen LogP contribution in [-0.2, 0) is 12.8 Å². The predicted octanol–water partition coefficient (Wildman–Crippen LogP) is 2.42. The van der Waals surface area contributed by atoms with Gasteiger partial charge in [-0.05, 0) is 50.7 Å².